The predicted molar refractivity (Wildman–Crippen MR) is 52.6 cm³/mol. The lowest BCUT2D eigenvalue weighted by Crippen LogP contribution is -2.14. The second kappa shape index (κ2) is 5.73. The monoisotopic (exact) mass is 180 g/mol. The minimum absolute atomic E-state index is 0.0521. The average molecular weight is 180 g/mol. The predicted octanol–water partition coefficient (Wildman–Crippen LogP) is 1.63. The van der Waals surface area contributed by atoms with Crippen LogP contribution in [0.25, 0.3) is 0 Å². The number of hydrogen-bond donors (Lipinski definition) is 1. The molecule has 0 aliphatic heterocycles. The number of aliphatic hydroxyl groups excluding tert-OH is 1. The minimum Gasteiger partial charge on any atom is -0.394 e. The number of aliphatic hydroxyl groups is 1. The Kier molecular flexibility index (Phi) is 4.50. The summed E-state index contributed by atoms with van der Waals surface area (Å²) >= 11 is 0. The fourth-order valence-corrected chi connectivity index (χ4v) is 1.08. The van der Waals surface area contributed by atoms with E-state index in [2.05, 4.69) is 12.1 Å². The summed E-state index contributed by atoms with van der Waals surface area (Å²) in [6.45, 7) is 2.63. The molecule has 0 saturated heterocycles. The SMILES string of the molecule is C[C@@H](CO)OCCc1ccccc1. The van der Waals surface area contributed by atoms with Gasteiger partial charge in [-0.05, 0) is 18.9 Å². The summed E-state index contributed by atoms with van der Waals surface area (Å²) in [7, 11) is 0. The van der Waals surface area contributed by atoms with Crippen molar-refractivity contribution in [2.75, 3.05) is 13.2 Å². The molecule has 0 heterocycles. The third-order valence-corrected chi connectivity index (χ3v) is 1.89. The van der Waals surface area contributed by atoms with Crippen LogP contribution in [0.2, 0.25) is 0 Å². The maximum atomic E-state index is 8.71. The second-order valence-corrected chi connectivity index (χ2v) is 3.10. The maximum Gasteiger partial charge on any atom is 0.0777 e. The van der Waals surface area contributed by atoms with E-state index in [-0.39, 0.29) is 12.7 Å². The van der Waals surface area contributed by atoms with Gasteiger partial charge in [0.25, 0.3) is 0 Å². The molecule has 0 aliphatic carbocycles. The van der Waals surface area contributed by atoms with Gasteiger partial charge in [0.05, 0.1) is 19.3 Å². The molecule has 0 bridgehead atoms. The molecule has 1 aromatic rings. The van der Waals surface area contributed by atoms with Crippen molar-refractivity contribution in [3.05, 3.63) is 35.9 Å². The van der Waals surface area contributed by atoms with E-state index in [0.29, 0.717) is 6.61 Å². The van der Waals surface area contributed by atoms with Gasteiger partial charge in [0.2, 0.25) is 0 Å². The normalized spacial score (nSPS) is 12.8. The summed E-state index contributed by atoms with van der Waals surface area (Å²) in [4.78, 5) is 0. The molecule has 0 spiro atoms. The summed E-state index contributed by atoms with van der Waals surface area (Å²) in [5, 5.41) is 8.71. The molecule has 2 nitrogen and oxygen atoms in total. The first-order valence-electron chi connectivity index (χ1n) is 4.59. The molecule has 0 amide bonds. The van der Waals surface area contributed by atoms with Crippen molar-refractivity contribution in [3.8, 4) is 0 Å². The van der Waals surface area contributed by atoms with Crippen molar-refractivity contribution in [1.82, 2.24) is 0 Å². The van der Waals surface area contributed by atoms with E-state index in [4.69, 9.17) is 9.84 Å². The van der Waals surface area contributed by atoms with Crippen LogP contribution in [0.1, 0.15) is 12.5 Å². The van der Waals surface area contributed by atoms with Crippen molar-refractivity contribution in [2.24, 2.45) is 0 Å². The highest BCUT2D eigenvalue weighted by atomic mass is 16.5. The van der Waals surface area contributed by atoms with Crippen LogP contribution in [-0.2, 0) is 11.2 Å². The molecule has 2 heteroatoms. The van der Waals surface area contributed by atoms with E-state index in [1.54, 1.807) is 0 Å². The highest BCUT2D eigenvalue weighted by Crippen LogP contribution is 2.00. The molecule has 0 aromatic heterocycles. The molecule has 1 atom stereocenters. The van der Waals surface area contributed by atoms with Crippen LogP contribution in [0, 0.1) is 0 Å². The minimum atomic E-state index is -0.0521. The van der Waals surface area contributed by atoms with Crippen LogP contribution in [0.5, 0.6) is 0 Å². The van der Waals surface area contributed by atoms with Crippen LogP contribution >= 0.6 is 0 Å². The third kappa shape index (κ3) is 4.06. The average Bonchev–Trinajstić information content (AvgIpc) is 2.19. The molecule has 72 valence electrons. The van der Waals surface area contributed by atoms with E-state index in [1.807, 2.05) is 25.1 Å². The van der Waals surface area contributed by atoms with Gasteiger partial charge in [0.15, 0.2) is 0 Å². The van der Waals surface area contributed by atoms with Gasteiger partial charge >= 0.3 is 0 Å². The zero-order valence-electron chi connectivity index (χ0n) is 7.94. The zero-order chi connectivity index (χ0) is 9.52. The summed E-state index contributed by atoms with van der Waals surface area (Å²) < 4.78 is 5.35. The van der Waals surface area contributed by atoms with Crippen molar-refractivity contribution in [1.29, 1.82) is 0 Å². The Morgan fingerprint density at radius 3 is 2.62 bits per heavy atom. The fraction of sp³-hybridized carbons (Fsp3) is 0.455. The van der Waals surface area contributed by atoms with Gasteiger partial charge in [0.1, 0.15) is 0 Å². The Morgan fingerprint density at radius 1 is 1.31 bits per heavy atom. The van der Waals surface area contributed by atoms with Gasteiger partial charge in [-0.1, -0.05) is 30.3 Å². The zero-order valence-corrected chi connectivity index (χ0v) is 7.94. The first kappa shape index (κ1) is 10.2. The van der Waals surface area contributed by atoms with Crippen molar-refractivity contribution in [2.45, 2.75) is 19.4 Å². The van der Waals surface area contributed by atoms with E-state index < -0.39 is 0 Å². The van der Waals surface area contributed by atoms with E-state index in [1.165, 1.54) is 5.56 Å². The molecule has 0 unspecified atom stereocenters. The standard InChI is InChI=1S/C11H16O2/c1-10(9-12)13-8-7-11-5-3-2-4-6-11/h2-6,10,12H,7-9H2,1H3/t10-/m0/s1. The van der Waals surface area contributed by atoms with Gasteiger partial charge in [-0.3, -0.25) is 0 Å². The van der Waals surface area contributed by atoms with Crippen molar-refractivity contribution < 1.29 is 9.84 Å². The molecule has 13 heavy (non-hydrogen) atoms. The molecule has 0 radical (unpaired) electrons. The van der Waals surface area contributed by atoms with Crippen LogP contribution in [0.3, 0.4) is 0 Å². The Hall–Kier alpha value is -0.860. The maximum absolute atomic E-state index is 8.71. The van der Waals surface area contributed by atoms with Gasteiger partial charge in [-0.25, -0.2) is 0 Å². The van der Waals surface area contributed by atoms with Crippen LogP contribution < -0.4 is 0 Å². The van der Waals surface area contributed by atoms with Gasteiger partial charge < -0.3 is 9.84 Å². The molecule has 0 fully saturated rings. The number of benzene rings is 1. The van der Waals surface area contributed by atoms with E-state index >= 15 is 0 Å². The lowest BCUT2D eigenvalue weighted by atomic mass is 10.2. The van der Waals surface area contributed by atoms with Crippen LogP contribution in [-0.4, -0.2) is 24.4 Å². The Balaban J connectivity index is 2.20. The number of rotatable bonds is 5. The summed E-state index contributed by atoms with van der Waals surface area (Å²) in [5.74, 6) is 0. The van der Waals surface area contributed by atoms with Crippen molar-refractivity contribution >= 4 is 0 Å². The molecule has 1 aromatic carbocycles. The third-order valence-electron chi connectivity index (χ3n) is 1.89. The van der Waals surface area contributed by atoms with Crippen LogP contribution in [0.4, 0.5) is 0 Å². The fourth-order valence-electron chi connectivity index (χ4n) is 1.08. The first-order valence-corrected chi connectivity index (χ1v) is 4.59. The Morgan fingerprint density at radius 2 is 2.00 bits per heavy atom. The highest BCUT2D eigenvalue weighted by Gasteiger charge is 1.98. The molecular formula is C11H16O2. The summed E-state index contributed by atoms with van der Waals surface area (Å²) in [6, 6.07) is 10.2. The Labute approximate surface area is 79.2 Å². The topological polar surface area (TPSA) is 29.5 Å². The van der Waals surface area contributed by atoms with E-state index in [0.717, 1.165) is 6.42 Å². The lowest BCUT2D eigenvalue weighted by molar-refractivity contribution is 0.0267. The number of hydrogen-bond acceptors (Lipinski definition) is 2. The second-order valence-electron chi connectivity index (χ2n) is 3.10. The molecule has 0 aliphatic rings. The van der Waals surface area contributed by atoms with E-state index in [9.17, 15) is 0 Å². The smallest absolute Gasteiger partial charge is 0.0777 e. The number of ether oxygens (including phenoxy) is 1. The largest absolute Gasteiger partial charge is 0.394 e. The lowest BCUT2D eigenvalue weighted by Gasteiger charge is -2.09. The van der Waals surface area contributed by atoms with Gasteiger partial charge in [0, 0.05) is 0 Å². The highest BCUT2D eigenvalue weighted by molar-refractivity contribution is 5.14. The van der Waals surface area contributed by atoms with Crippen LogP contribution in [0.15, 0.2) is 30.3 Å². The van der Waals surface area contributed by atoms with Gasteiger partial charge in [-0.2, -0.15) is 0 Å². The van der Waals surface area contributed by atoms with Gasteiger partial charge in [-0.15, -0.1) is 0 Å². The first-order chi connectivity index (χ1) is 6.33. The molecule has 0 saturated carbocycles. The Bertz CT molecular complexity index is 221. The molecular weight excluding hydrogens is 164 g/mol. The summed E-state index contributed by atoms with van der Waals surface area (Å²) in [5.41, 5.74) is 1.27. The van der Waals surface area contributed by atoms with Crippen molar-refractivity contribution in [3.63, 3.8) is 0 Å². The molecule has 1 rings (SSSR count). The summed E-state index contributed by atoms with van der Waals surface area (Å²) in [6.07, 6.45) is 0.856. The molecule has 1 N–H and O–H groups in total. The quantitative estimate of drug-likeness (QED) is 0.746.